The number of furan rings is 3. The van der Waals surface area contributed by atoms with Crippen LogP contribution in [-0.4, -0.2) is 48.7 Å². The molecule has 0 saturated heterocycles. The molecule has 0 aliphatic carbocycles. The Hall–Kier alpha value is -10.2. The van der Waals surface area contributed by atoms with Gasteiger partial charge in [0.15, 0.2) is 5.43 Å². The first kappa shape index (κ1) is 77.0. The van der Waals surface area contributed by atoms with Crippen molar-refractivity contribution in [3.8, 4) is 33.4 Å². The molecule has 10 heterocycles. The summed E-state index contributed by atoms with van der Waals surface area (Å²) in [6, 6.07) is 30.0. The fourth-order valence-corrected chi connectivity index (χ4v) is 13.7. The lowest BCUT2D eigenvalue weighted by Gasteiger charge is -2.16. The third kappa shape index (κ3) is 18.2. The second-order valence-corrected chi connectivity index (χ2v) is 28.0. The molecular weight excluding hydrogens is 1650 g/mol. The molecule has 544 valence electrons. The van der Waals surface area contributed by atoms with Crippen LogP contribution >= 0.6 is 89.1 Å². The minimum Gasteiger partial charge on any atom is -0.477 e. The third-order valence-corrected chi connectivity index (χ3v) is 19.4. The van der Waals surface area contributed by atoms with E-state index in [1.807, 2.05) is 52.5 Å². The summed E-state index contributed by atoms with van der Waals surface area (Å²) in [4.78, 5) is 76.9. The molecule has 0 fully saturated rings. The van der Waals surface area contributed by atoms with Crippen LogP contribution in [0.3, 0.4) is 0 Å². The first-order chi connectivity index (χ1) is 50.2. The van der Waals surface area contributed by atoms with Crippen molar-refractivity contribution in [3.05, 3.63) is 270 Å². The fourth-order valence-electron chi connectivity index (χ4n) is 10.4. The van der Waals surface area contributed by atoms with Gasteiger partial charge in [-0.3, -0.25) is 19.2 Å². The summed E-state index contributed by atoms with van der Waals surface area (Å²) in [5.74, 6) is -3.26. The molecule has 0 unspecified atom stereocenters. The molecule has 5 N–H and O–H groups in total. The van der Waals surface area contributed by atoms with E-state index in [4.69, 9.17) is 41.6 Å². The number of halogens is 16. The predicted octanol–water partition coefficient (Wildman–Crippen LogP) is 21.6. The quantitative estimate of drug-likeness (QED) is 0.0678. The molecule has 0 atom stereocenters. The molecule has 3 amide bonds. The van der Waals surface area contributed by atoms with Crippen LogP contribution in [0.2, 0.25) is 10.0 Å². The Labute approximate surface area is 625 Å². The number of H-pyrrole nitrogens is 1. The highest BCUT2D eigenvalue weighted by molar-refractivity contribution is 9.10. The van der Waals surface area contributed by atoms with Crippen molar-refractivity contribution < 1.29 is 90.2 Å². The predicted molar refractivity (Wildman–Crippen MR) is 382 cm³/mol. The molecule has 0 aliphatic heterocycles. The first-order valence-corrected chi connectivity index (χ1v) is 35.0. The Morgan fingerprint density at radius 1 is 0.453 bits per heavy atom. The number of thiophene rings is 3. The van der Waals surface area contributed by atoms with Gasteiger partial charge in [-0.25, -0.2) is 19.7 Å². The second-order valence-electron chi connectivity index (χ2n) is 22.3. The number of rotatable bonds is 13. The van der Waals surface area contributed by atoms with E-state index in [1.54, 1.807) is 24.3 Å². The van der Waals surface area contributed by atoms with Gasteiger partial charge >= 0.3 is 30.7 Å². The number of aromatic carboxylic acids is 1. The van der Waals surface area contributed by atoms with Crippen LogP contribution in [0.4, 0.5) is 52.7 Å². The molecule has 4 aromatic carbocycles. The molecule has 16 nitrogen and oxygen atoms in total. The Kier molecular flexibility index (Phi) is 23.1. The Morgan fingerprint density at radius 2 is 0.821 bits per heavy atom. The number of hydrogen-bond acceptors (Lipinski definition) is 14. The van der Waals surface area contributed by atoms with Gasteiger partial charge in [0.1, 0.15) is 22.8 Å². The molecule has 10 aromatic heterocycles. The molecule has 35 heteroatoms. The van der Waals surface area contributed by atoms with Crippen molar-refractivity contribution in [1.29, 1.82) is 0 Å². The van der Waals surface area contributed by atoms with Crippen molar-refractivity contribution in [1.82, 2.24) is 35.9 Å². The van der Waals surface area contributed by atoms with Crippen LogP contribution in [-0.2, 0) is 44.3 Å². The molecule has 106 heavy (non-hydrogen) atoms. The summed E-state index contributed by atoms with van der Waals surface area (Å²) >= 11 is 22.7. The van der Waals surface area contributed by atoms with Crippen molar-refractivity contribution in [2.75, 3.05) is 0 Å². The lowest BCUT2D eigenvalue weighted by atomic mass is 9.95. The number of pyridine rings is 4. The maximum absolute atomic E-state index is 14.1. The van der Waals surface area contributed by atoms with Crippen LogP contribution in [0.5, 0.6) is 0 Å². The van der Waals surface area contributed by atoms with Gasteiger partial charge in [-0.1, -0.05) is 73.3 Å². The van der Waals surface area contributed by atoms with Gasteiger partial charge in [-0.15, -0.1) is 34.0 Å². The molecule has 14 aromatic rings. The van der Waals surface area contributed by atoms with E-state index in [1.165, 1.54) is 108 Å². The highest BCUT2D eigenvalue weighted by atomic mass is 79.9. The summed E-state index contributed by atoms with van der Waals surface area (Å²) in [5, 5.41) is 22.6. The molecule has 0 saturated carbocycles. The zero-order valence-corrected chi connectivity index (χ0v) is 59.9. The van der Waals surface area contributed by atoms with Gasteiger partial charge in [-0.05, 0) is 136 Å². The van der Waals surface area contributed by atoms with E-state index in [9.17, 15) is 76.7 Å². The largest absolute Gasteiger partial charge is 0.477 e. The lowest BCUT2D eigenvalue weighted by molar-refractivity contribution is -0.137. The lowest BCUT2D eigenvalue weighted by Crippen LogP contribution is -2.23. The average molecular weight is 1690 g/mol. The highest BCUT2D eigenvalue weighted by Gasteiger charge is 2.39. The van der Waals surface area contributed by atoms with Gasteiger partial charge in [0.25, 0.3) is 17.7 Å². The molecule has 0 aliphatic rings. The van der Waals surface area contributed by atoms with Crippen LogP contribution in [0.1, 0.15) is 78.8 Å². The maximum atomic E-state index is 14.1. The van der Waals surface area contributed by atoms with Gasteiger partial charge in [0.05, 0.1) is 112 Å². The van der Waals surface area contributed by atoms with E-state index < -0.39 is 87.3 Å². The number of amides is 3. The first-order valence-electron chi connectivity index (χ1n) is 30.0. The van der Waals surface area contributed by atoms with E-state index in [0.717, 1.165) is 45.0 Å². The number of alkyl halides is 12. The standard InChI is InChI=1S/C24H15F3N2O3S.C20H12ClF3N2O2S.C16H9BrClF3N2OS.C11H5BrF3NO3/c25-24(26,27)20-9-16(14-3-5-31-12-14)8-19-18(15-4-6-32-13-15)10-21(29-22(19)20)23(30)28-11-17-2-1-7-33-17;21-16-8-17(19(27)25-9-13-2-1-5-29-13)26-18-14(16)6-12(11-3-4-28-10-11)7-15(18)20(22,23)24;17-8-4-10-12(18)6-13(15(24)22-7-9-2-1-3-25-9)23-14(10)11(5-8)16(19,20)21;12-4-1-5-8(17)3-7(10(18)19)16-9(5)6(2-4)11(13,14)15/h1-10,12-13H,11H2,(H,28,30);1-8,10H,9H2,(H,25,27);1-6H,7H2,(H,22,24);1-3H,(H,16,17)(H,18,19). The summed E-state index contributed by atoms with van der Waals surface area (Å²) < 4.78 is 177. The molecule has 0 radical (unpaired) electrons. The van der Waals surface area contributed by atoms with E-state index >= 15 is 0 Å². The number of aromatic amines is 1. The number of nitrogens with one attached hydrogen (secondary N) is 4. The SMILES string of the molecule is O=C(NCc1cccs1)c1cc(-c2ccoc2)c2cc(-c3ccoc3)cc(C(F)(F)F)c2n1.O=C(NCc1cccs1)c1cc(Cl)c2cc(-c3ccoc3)cc(C(F)(F)F)c2n1.O=C(NCc1cccs1)c1cc(Cl)c2cc(Br)cc(C(F)(F)F)c2n1.O=C(O)c1cc(=O)c2cc(Br)cc(C(F)(F)F)c2[nH]1. The van der Waals surface area contributed by atoms with Crippen molar-refractivity contribution in [3.63, 3.8) is 0 Å². The molecule has 0 spiro atoms. The number of carboxylic acids is 1. The number of hydrogen-bond donors (Lipinski definition) is 5. The summed E-state index contributed by atoms with van der Waals surface area (Å²) in [5.41, 5.74) is -4.86. The van der Waals surface area contributed by atoms with Crippen LogP contribution < -0.4 is 21.4 Å². The number of carbonyl (C=O) groups excluding carboxylic acids is 3. The Bertz CT molecular complexity index is 5630. The van der Waals surface area contributed by atoms with Crippen molar-refractivity contribution >= 4 is 156 Å². The zero-order chi connectivity index (χ0) is 76.2. The normalized spacial score (nSPS) is 11.7. The van der Waals surface area contributed by atoms with Gasteiger partial charge in [0.2, 0.25) is 0 Å². The molecule has 14 rings (SSSR count). The number of fused-ring (bicyclic) bond motifs is 4. The Morgan fingerprint density at radius 3 is 1.21 bits per heavy atom. The van der Waals surface area contributed by atoms with Gasteiger partial charge < -0.3 is 39.3 Å². The third-order valence-electron chi connectivity index (χ3n) is 15.2. The monoisotopic (exact) mass is 1690 g/mol. The number of nitrogens with zero attached hydrogens (tertiary/aromatic N) is 3. The molecule has 0 bridgehead atoms. The van der Waals surface area contributed by atoms with E-state index in [0.29, 0.717) is 27.8 Å². The molecular formula is C71H41Br2Cl2F12N7O9S3. The Balaban J connectivity index is 0.000000144. The fraction of sp³-hybridized carbons (Fsp3) is 0.0986. The summed E-state index contributed by atoms with van der Waals surface area (Å²) in [7, 11) is 0. The van der Waals surface area contributed by atoms with Crippen LogP contribution in [0.25, 0.3) is 77.0 Å². The maximum Gasteiger partial charge on any atom is 0.418 e. The van der Waals surface area contributed by atoms with E-state index in [-0.39, 0.29) is 99.4 Å². The van der Waals surface area contributed by atoms with Crippen molar-refractivity contribution in [2.24, 2.45) is 0 Å². The van der Waals surface area contributed by atoms with Crippen LogP contribution in [0.15, 0.2) is 208 Å². The summed E-state index contributed by atoms with van der Waals surface area (Å²) in [6.45, 7) is 0.766. The van der Waals surface area contributed by atoms with E-state index in [2.05, 4.69) is 67.7 Å². The van der Waals surface area contributed by atoms with Gasteiger partial charge in [-0.2, -0.15) is 52.7 Å². The number of carboxylic acid groups (broad SMARTS) is 1. The van der Waals surface area contributed by atoms with Crippen molar-refractivity contribution in [2.45, 2.75) is 44.3 Å². The van der Waals surface area contributed by atoms with Crippen LogP contribution in [0, 0.1) is 0 Å². The second kappa shape index (κ2) is 31.9. The van der Waals surface area contributed by atoms with Gasteiger partial charge in [0, 0.05) is 67.9 Å². The minimum absolute atomic E-state index is 0.00659. The highest BCUT2D eigenvalue weighted by Crippen LogP contribution is 2.44. The smallest absolute Gasteiger partial charge is 0.418 e. The number of benzene rings is 4. The average Bonchev–Trinajstić information content (AvgIpc) is 0.898. The zero-order valence-electron chi connectivity index (χ0n) is 52.8. The number of aromatic nitrogens is 4. The number of carbonyl (C=O) groups is 4. The topological polar surface area (TPSA) is 236 Å². The summed E-state index contributed by atoms with van der Waals surface area (Å²) in [6.07, 6.45) is -10.4. The minimum atomic E-state index is -4.71.